The standard InChI is InChI=1S/C19H19F3N2.2ClH/c20-19(21,22)14-6-7-15-16(10-14)17(13-4-2-1-3-5-13)12-24-9-8-23-11-18(15)24;;/h1-7,10,17-18,23H,8-9,11-12H2;2*1H/t17-,18+;;/m0../s1. The number of fused-ring (bicyclic) bond motifs is 3. The van der Waals surface area contributed by atoms with Gasteiger partial charge in [-0.3, -0.25) is 4.90 Å². The molecule has 0 saturated carbocycles. The lowest BCUT2D eigenvalue weighted by Gasteiger charge is -2.44. The van der Waals surface area contributed by atoms with Gasteiger partial charge in [-0.2, -0.15) is 13.2 Å². The minimum Gasteiger partial charge on any atom is -0.314 e. The summed E-state index contributed by atoms with van der Waals surface area (Å²) in [7, 11) is 0. The van der Waals surface area contributed by atoms with Crippen LogP contribution in [0.3, 0.4) is 0 Å². The third-order valence-corrected chi connectivity index (χ3v) is 5.12. The fourth-order valence-electron chi connectivity index (χ4n) is 3.93. The summed E-state index contributed by atoms with van der Waals surface area (Å²) in [5, 5.41) is 3.36. The molecule has 0 spiro atoms. The Hall–Kier alpha value is -1.27. The smallest absolute Gasteiger partial charge is 0.314 e. The summed E-state index contributed by atoms with van der Waals surface area (Å²) in [4.78, 5) is 2.39. The van der Waals surface area contributed by atoms with Crippen molar-refractivity contribution in [1.29, 1.82) is 0 Å². The lowest BCUT2D eigenvalue weighted by Crippen LogP contribution is -2.50. The van der Waals surface area contributed by atoms with Crippen molar-refractivity contribution in [3.05, 3.63) is 70.8 Å². The average molecular weight is 405 g/mol. The molecular formula is C19H21Cl2F3N2. The van der Waals surface area contributed by atoms with Gasteiger partial charge >= 0.3 is 6.18 Å². The lowest BCUT2D eigenvalue weighted by atomic mass is 9.80. The van der Waals surface area contributed by atoms with Crippen LogP contribution in [0, 0.1) is 0 Å². The molecule has 0 amide bonds. The summed E-state index contributed by atoms with van der Waals surface area (Å²) >= 11 is 0. The summed E-state index contributed by atoms with van der Waals surface area (Å²) in [5.74, 6) is -0.0159. The third kappa shape index (κ3) is 3.86. The van der Waals surface area contributed by atoms with Crippen LogP contribution < -0.4 is 5.32 Å². The first kappa shape index (κ1) is 21.0. The van der Waals surface area contributed by atoms with E-state index in [4.69, 9.17) is 0 Å². The summed E-state index contributed by atoms with van der Waals surface area (Å²) in [5.41, 5.74) is 2.37. The maximum absolute atomic E-state index is 13.2. The summed E-state index contributed by atoms with van der Waals surface area (Å²) in [6, 6.07) is 14.3. The van der Waals surface area contributed by atoms with Crippen molar-refractivity contribution in [1.82, 2.24) is 10.2 Å². The van der Waals surface area contributed by atoms with E-state index in [1.165, 1.54) is 12.1 Å². The number of hydrogen-bond acceptors (Lipinski definition) is 2. The second-order valence-corrected chi connectivity index (χ2v) is 6.52. The van der Waals surface area contributed by atoms with Gasteiger partial charge in [0.2, 0.25) is 0 Å². The van der Waals surface area contributed by atoms with Crippen molar-refractivity contribution in [2.45, 2.75) is 18.1 Å². The van der Waals surface area contributed by atoms with Crippen molar-refractivity contribution in [2.24, 2.45) is 0 Å². The first-order chi connectivity index (χ1) is 11.5. The van der Waals surface area contributed by atoms with Gasteiger partial charge in [-0.15, -0.1) is 24.8 Å². The first-order valence-electron chi connectivity index (χ1n) is 8.25. The molecule has 2 aromatic rings. The lowest BCUT2D eigenvalue weighted by molar-refractivity contribution is -0.137. The van der Waals surface area contributed by atoms with E-state index in [-0.39, 0.29) is 36.8 Å². The second-order valence-electron chi connectivity index (χ2n) is 6.52. The molecule has 142 valence electrons. The van der Waals surface area contributed by atoms with Crippen molar-refractivity contribution in [3.8, 4) is 0 Å². The Morgan fingerprint density at radius 2 is 1.69 bits per heavy atom. The van der Waals surface area contributed by atoms with Crippen LogP contribution in [0.1, 0.15) is 34.2 Å². The number of rotatable bonds is 1. The van der Waals surface area contributed by atoms with Gasteiger partial charge in [0, 0.05) is 38.1 Å². The second kappa shape index (κ2) is 8.17. The molecule has 0 unspecified atom stereocenters. The topological polar surface area (TPSA) is 15.3 Å². The Balaban J connectivity index is 0.00000121. The highest BCUT2D eigenvalue weighted by Gasteiger charge is 2.38. The van der Waals surface area contributed by atoms with Crippen molar-refractivity contribution < 1.29 is 13.2 Å². The normalized spacial score (nSPS) is 22.4. The quantitative estimate of drug-likeness (QED) is 0.744. The molecule has 2 nitrogen and oxygen atoms in total. The maximum Gasteiger partial charge on any atom is 0.416 e. The highest BCUT2D eigenvalue weighted by molar-refractivity contribution is 5.85. The molecule has 1 fully saturated rings. The summed E-state index contributed by atoms with van der Waals surface area (Å²) < 4.78 is 39.6. The fraction of sp³-hybridized carbons (Fsp3) is 0.368. The van der Waals surface area contributed by atoms with Crippen molar-refractivity contribution in [3.63, 3.8) is 0 Å². The molecule has 7 heteroatoms. The predicted octanol–water partition coefficient (Wildman–Crippen LogP) is 4.64. The molecule has 0 radical (unpaired) electrons. The van der Waals surface area contributed by atoms with Crippen LogP contribution in [0.5, 0.6) is 0 Å². The zero-order valence-corrected chi connectivity index (χ0v) is 15.6. The summed E-state index contributed by atoms with van der Waals surface area (Å²) in [6.07, 6.45) is -4.31. The molecule has 2 heterocycles. The van der Waals surface area contributed by atoms with Gasteiger partial charge in [0.15, 0.2) is 0 Å². The Morgan fingerprint density at radius 1 is 0.962 bits per heavy atom. The Bertz CT molecular complexity index is 737. The first-order valence-corrected chi connectivity index (χ1v) is 8.25. The van der Waals surface area contributed by atoms with Gasteiger partial charge < -0.3 is 5.32 Å². The van der Waals surface area contributed by atoms with Crippen LogP contribution in [-0.4, -0.2) is 31.1 Å². The van der Waals surface area contributed by atoms with Crippen LogP contribution in [-0.2, 0) is 6.18 Å². The SMILES string of the molecule is Cl.Cl.FC(F)(F)c1ccc2c(c1)[C@H](c1ccccc1)CN1CCNC[C@H]21. The van der Waals surface area contributed by atoms with Crippen LogP contribution in [0.2, 0.25) is 0 Å². The van der Waals surface area contributed by atoms with E-state index in [2.05, 4.69) is 10.2 Å². The van der Waals surface area contributed by atoms with Gasteiger partial charge in [-0.1, -0.05) is 36.4 Å². The largest absolute Gasteiger partial charge is 0.416 e. The van der Waals surface area contributed by atoms with E-state index in [0.717, 1.165) is 42.9 Å². The molecule has 26 heavy (non-hydrogen) atoms. The molecule has 0 aromatic heterocycles. The van der Waals surface area contributed by atoms with Crippen molar-refractivity contribution in [2.75, 3.05) is 26.2 Å². The number of alkyl halides is 3. The predicted molar refractivity (Wildman–Crippen MR) is 101 cm³/mol. The van der Waals surface area contributed by atoms with Gasteiger partial charge in [0.05, 0.1) is 5.56 Å². The van der Waals surface area contributed by atoms with E-state index in [0.29, 0.717) is 0 Å². The van der Waals surface area contributed by atoms with E-state index in [1.807, 2.05) is 30.3 Å². The fourth-order valence-corrected chi connectivity index (χ4v) is 3.93. The highest BCUT2D eigenvalue weighted by Crippen LogP contribution is 2.42. The van der Waals surface area contributed by atoms with Crippen LogP contribution >= 0.6 is 24.8 Å². The van der Waals surface area contributed by atoms with E-state index in [1.54, 1.807) is 6.07 Å². The molecule has 0 aliphatic carbocycles. The molecule has 2 aliphatic heterocycles. The number of hydrogen-bond donors (Lipinski definition) is 1. The Kier molecular flexibility index (Phi) is 6.61. The Labute approximate surface area is 163 Å². The van der Waals surface area contributed by atoms with E-state index in [9.17, 15) is 13.2 Å². The van der Waals surface area contributed by atoms with Crippen LogP contribution in [0.25, 0.3) is 0 Å². The molecule has 0 bridgehead atoms. The van der Waals surface area contributed by atoms with Gasteiger partial charge in [0.1, 0.15) is 0 Å². The minimum absolute atomic E-state index is 0. The number of nitrogens with one attached hydrogen (secondary N) is 1. The molecule has 2 aliphatic rings. The van der Waals surface area contributed by atoms with Gasteiger partial charge in [-0.25, -0.2) is 0 Å². The average Bonchev–Trinajstić information content (AvgIpc) is 2.60. The Morgan fingerprint density at radius 3 is 2.38 bits per heavy atom. The van der Waals surface area contributed by atoms with Crippen molar-refractivity contribution >= 4 is 24.8 Å². The van der Waals surface area contributed by atoms with E-state index >= 15 is 0 Å². The third-order valence-electron chi connectivity index (χ3n) is 5.12. The number of piperazine rings is 1. The van der Waals surface area contributed by atoms with Crippen LogP contribution in [0.4, 0.5) is 13.2 Å². The maximum atomic E-state index is 13.2. The number of nitrogens with zero attached hydrogens (tertiary/aromatic N) is 1. The summed E-state index contributed by atoms with van der Waals surface area (Å²) in [6.45, 7) is 3.41. The van der Waals surface area contributed by atoms with Gasteiger partial charge in [0.25, 0.3) is 0 Å². The molecule has 2 aromatic carbocycles. The monoisotopic (exact) mass is 404 g/mol. The number of benzene rings is 2. The molecule has 2 atom stereocenters. The number of halogens is 5. The van der Waals surface area contributed by atoms with E-state index < -0.39 is 11.7 Å². The zero-order chi connectivity index (χ0) is 16.7. The zero-order valence-electron chi connectivity index (χ0n) is 14.0. The minimum atomic E-state index is -4.31. The van der Waals surface area contributed by atoms with Crippen LogP contribution in [0.15, 0.2) is 48.5 Å². The highest BCUT2D eigenvalue weighted by atomic mass is 35.5. The van der Waals surface area contributed by atoms with Gasteiger partial charge in [-0.05, 0) is 28.8 Å². The molecular weight excluding hydrogens is 384 g/mol. The molecule has 4 rings (SSSR count). The molecule has 1 saturated heterocycles. The molecule has 1 N–H and O–H groups in total.